The van der Waals surface area contributed by atoms with E-state index in [4.69, 9.17) is 0 Å². The van der Waals surface area contributed by atoms with Gasteiger partial charge in [0.1, 0.15) is 0 Å². The second kappa shape index (κ2) is 5.86. The number of hydrogen-bond donors (Lipinski definition) is 1. The van der Waals surface area contributed by atoms with Crippen LogP contribution < -0.4 is 0 Å². The second-order valence-electron chi connectivity index (χ2n) is 4.65. The summed E-state index contributed by atoms with van der Waals surface area (Å²) in [6, 6.07) is 4.23. The topological polar surface area (TPSA) is 37.5 Å². The standard InChI is InChI=1S/C14H16N2OS2/c17-12(3-1-4-13-5-2-7-18-13)9-11-10-16-6-8-19-14(16)15-11/h2,5-8,10,12,17H,1,3-4,9H2. The molecule has 5 heteroatoms. The van der Waals surface area contributed by atoms with Crippen LogP contribution in [0.15, 0.2) is 35.3 Å². The minimum absolute atomic E-state index is 0.287. The number of thiophene rings is 1. The Morgan fingerprint density at radius 1 is 1.32 bits per heavy atom. The SMILES string of the molecule is OC(CCCc1cccs1)Cc1cn2ccsc2n1. The number of thiazole rings is 1. The summed E-state index contributed by atoms with van der Waals surface area (Å²) in [7, 11) is 0. The number of nitrogens with zero attached hydrogens (tertiary/aromatic N) is 2. The van der Waals surface area contributed by atoms with Gasteiger partial charge in [-0.1, -0.05) is 6.07 Å². The van der Waals surface area contributed by atoms with E-state index in [1.807, 2.05) is 22.2 Å². The number of hydrogen-bond acceptors (Lipinski definition) is 4. The molecule has 0 aliphatic carbocycles. The number of aryl methyl sites for hydroxylation is 1. The maximum absolute atomic E-state index is 10.1. The summed E-state index contributed by atoms with van der Waals surface area (Å²) in [5, 5.41) is 14.2. The van der Waals surface area contributed by atoms with Gasteiger partial charge < -0.3 is 5.11 Å². The number of aliphatic hydroxyl groups is 1. The minimum atomic E-state index is -0.287. The van der Waals surface area contributed by atoms with E-state index in [9.17, 15) is 5.11 Å². The zero-order chi connectivity index (χ0) is 13.1. The van der Waals surface area contributed by atoms with Gasteiger partial charge in [0, 0.05) is 29.1 Å². The molecule has 1 unspecified atom stereocenters. The monoisotopic (exact) mass is 292 g/mol. The highest BCUT2D eigenvalue weighted by Gasteiger charge is 2.09. The fraction of sp³-hybridized carbons (Fsp3) is 0.357. The number of imidazole rings is 1. The Labute approximate surface area is 120 Å². The molecule has 3 nitrogen and oxygen atoms in total. The van der Waals surface area contributed by atoms with Gasteiger partial charge in [-0.2, -0.15) is 0 Å². The average Bonchev–Trinajstić information content (AvgIpc) is 3.04. The predicted molar refractivity (Wildman–Crippen MR) is 80.0 cm³/mol. The van der Waals surface area contributed by atoms with Crippen molar-refractivity contribution in [2.75, 3.05) is 0 Å². The maximum atomic E-state index is 10.1. The van der Waals surface area contributed by atoms with E-state index in [-0.39, 0.29) is 6.10 Å². The van der Waals surface area contributed by atoms with E-state index in [0.29, 0.717) is 6.42 Å². The number of aliphatic hydroxyl groups excluding tert-OH is 1. The third-order valence-electron chi connectivity index (χ3n) is 3.13. The molecule has 3 heterocycles. The molecule has 19 heavy (non-hydrogen) atoms. The molecule has 0 aliphatic heterocycles. The molecule has 3 aromatic heterocycles. The van der Waals surface area contributed by atoms with Gasteiger partial charge >= 0.3 is 0 Å². The summed E-state index contributed by atoms with van der Waals surface area (Å²) < 4.78 is 2.01. The van der Waals surface area contributed by atoms with Crippen LogP contribution in [-0.2, 0) is 12.8 Å². The third kappa shape index (κ3) is 3.23. The predicted octanol–water partition coefficient (Wildman–Crippen LogP) is 3.38. The normalized spacial score (nSPS) is 13.1. The smallest absolute Gasteiger partial charge is 0.193 e. The van der Waals surface area contributed by atoms with Gasteiger partial charge in [-0.05, 0) is 30.7 Å². The Kier molecular flexibility index (Phi) is 3.96. The molecule has 0 aliphatic rings. The molecule has 0 amide bonds. The molecule has 0 saturated carbocycles. The Bertz CT molecular complexity index is 598. The first-order valence-corrected chi connectivity index (χ1v) is 8.19. The van der Waals surface area contributed by atoms with Crippen molar-refractivity contribution in [3.63, 3.8) is 0 Å². The van der Waals surface area contributed by atoms with E-state index in [1.165, 1.54) is 4.88 Å². The molecule has 0 saturated heterocycles. The molecular weight excluding hydrogens is 276 g/mol. The summed E-state index contributed by atoms with van der Waals surface area (Å²) in [6.45, 7) is 0. The third-order valence-corrected chi connectivity index (χ3v) is 4.84. The fourth-order valence-electron chi connectivity index (χ4n) is 2.18. The molecule has 0 bridgehead atoms. The Hall–Kier alpha value is -1.17. The largest absolute Gasteiger partial charge is 0.393 e. The summed E-state index contributed by atoms with van der Waals surface area (Å²) in [5.41, 5.74) is 0.982. The first-order chi connectivity index (χ1) is 9.31. The average molecular weight is 292 g/mol. The van der Waals surface area contributed by atoms with Crippen molar-refractivity contribution in [3.8, 4) is 0 Å². The minimum Gasteiger partial charge on any atom is -0.393 e. The van der Waals surface area contributed by atoms with Gasteiger partial charge in [0.2, 0.25) is 0 Å². The zero-order valence-corrected chi connectivity index (χ0v) is 12.2. The van der Waals surface area contributed by atoms with Crippen molar-refractivity contribution in [1.29, 1.82) is 0 Å². The first kappa shape index (κ1) is 12.8. The number of aromatic nitrogens is 2. The maximum Gasteiger partial charge on any atom is 0.193 e. The Morgan fingerprint density at radius 2 is 2.26 bits per heavy atom. The van der Waals surface area contributed by atoms with Crippen molar-refractivity contribution in [2.24, 2.45) is 0 Å². The number of rotatable bonds is 6. The summed E-state index contributed by atoms with van der Waals surface area (Å²) in [4.78, 5) is 6.89. The van der Waals surface area contributed by atoms with Gasteiger partial charge in [0.05, 0.1) is 11.8 Å². The van der Waals surface area contributed by atoms with Crippen LogP contribution in [0.25, 0.3) is 4.96 Å². The van der Waals surface area contributed by atoms with Crippen LogP contribution in [0.2, 0.25) is 0 Å². The molecule has 100 valence electrons. The lowest BCUT2D eigenvalue weighted by Gasteiger charge is -2.07. The summed E-state index contributed by atoms with van der Waals surface area (Å²) in [6.07, 6.45) is 7.30. The van der Waals surface area contributed by atoms with Crippen LogP contribution in [0.4, 0.5) is 0 Å². The quantitative estimate of drug-likeness (QED) is 0.756. The highest BCUT2D eigenvalue weighted by atomic mass is 32.1. The van der Waals surface area contributed by atoms with Crippen LogP contribution in [0, 0.1) is 0 Å². The Morgan fingerprint density at radius 3 is 3.05 bits per heavy atom. The summed E-state index contributed by atoms with van der Waals surface area (Å²) >= 11 is 3.41. The van der Waals surface area contributed by atoms with Crippen LogP contribution in [0.3, 0.4) is 0 Å². The van der Waals surface area contributed by atoms with E-state index in [0.717, 1.165) is 29.9 Å². The zero-order valence-electron chi connectivity index (χ0n) is 10.5. The van der Waals surface area contributed by atoms with E-state index in [1.54, 1.807) is 22.7 Å². The fourth-order valence-corrected chi connectivity index (χ4v) is 3.65. The first-order valence-electron chi connectivity index (χ1n) is 6.43. The van der Waals surface area contributed by atoms with Crippen molar-refractivity contribution in [2.45, 2.75) is 31.8 Å². The van der Waals surface area contributed by atoms with Crippen LogP contribution in [0.5, 0.6) is 0 Å². The molecule has 1 N–H and O–H groups in total. The van der Waals surface area contributed by atoms with Gasteiger partial charge in [-0.15, -0.1) is 22.7 Å². The van der Waals surface area contributed by atoms with Gasteiger partial charge in [0.15, 0.2) is 4.96 Å². The van der Waals surface area contributed by atoms with E-state index < -0.39 is 0 Å². The molecular formula is C14H16N2OS2. The molecule has 0 fully saturated rings. The molecule has 1 atom stereocenters. The van der Waals surface area contributed by atoms with Crippen molar-refractivity contribution in [1.82, 2.24) is 9.38 Å². The summed E-state index contributed by atoms with van der Waals surface area (Å²) in [5.74, 6) is 0. The van der Waals surface area contributed by atoms with Gasteiger partial charge in [-0.25, -0.2) is 4.98 Å². The van der Waals surface area contributed by atoms with Crippen molar-refractivity contribution >= 4 is 27.6 Å². The lowest BCUT2D eigenvalue weighted by Crippen LogP contribution is -2.10. The Balaban J connectivity index is 1.48. The lowest BCUT2D eigenvalue weighted by molar-refractivity contribution is 0.161. The van der Waals surface area contributed by atoms with E-state index in [2.05, 4.69) is 22.5 Å². The lowest BCUT2D eigenvalue weighted by atomic mass is 10.1. The number of fused-ring (bicyclic) bond motifs is 1. The highest BCUT2D eigenvalue weighted by Crippen LogP contribution is 2.16. The molecule has 0 aromatic carbocycles. The molecule has 3 rings (SSSR count). The molecule has 0 radical (unpaired) electrons. The molecule has 0 spiro atoms. The van der Waals surface area contributed by atoms with E-state index >= 15 is 0 Å². The molecule has 3 aromatic rings. The van der Waals surface area contributed by atoms with Crippen LogP contribution >= 0.6 is 22.7 Å². The van der Waals surface area contributed by atoms with Crippen LogP contribution in [-0.4, -0.2) is 20.6 Å². The van der Waals surface area contributed by atoms with Gasteiger partial charge in [0.25, 0.3) is 0 Å². The van der Waals surface area contributed by atoms with Crippen molar-refractivity contribution in [3.05, 3.63) is 45.9 Å². The van der Waals surface area contributed by atoms with Crippen LogP contribution in [0.1, 0.15) is 23.4 Å². The highest BCUT2D eigenvalue weighted by molar-refractivity contribution is 7.15. The van der Waals surface area contributed by atoms with Gasteiger partial charge in [-0.3, -0.25) is 4.40 Å². The second-order valence-corrected chi connectivity index (χ2v) is 6.56. The van der Waals surface area contributed by atoms with Crippen molar-refractivity contribution < 1.29 is 5.11 Å².